The Morgan fingerprint density at radius 1 is 1.24 bits per heavy atom. The van der Waals surface area contributed by atoms with Gasteiger partial charge in [-0.25, -0.2) is 8.42 Å². The summed E-state index contributed by atoms with van der Waals surface area (Å²) in [6, 6.07) is 0.822. The highest BCUT2D eigenvalue weighted by Gasteiger charge is 2.26. The van der Waals surface area contributed by atoms with Crippen molar-refractivity contribution in [1.82, 2.24) is 10.2 Å². The second-order valence-electron chi connectivity index (χ2n) is 4.70. The number of hydrogen-bond acceptors (Lipinski definition) is 4. The molecule has 0 unspecified atom stereocenters. The summed E-state index contributed by atoms with van der Waals surface area (Å²) in [5, 5.41) is 3.32. The summed E-state index contributed by atoms with van der Waals surface area (Å²) in [6.45, 7) is 7.89. The number of hydrogen-bond donors (Lipinski definition) is 1. The van der Waals surface area contributed by atoms with E-state index >= 15 is 0 Å². The zero-order valence-electron chi connectivity index (χ0n) is 11.1. The lowest BCUT2D eigenvalue weighted by molar-refractivity contribution is 0.277. The molecular weight excluding hydrogens is 236 g/mol. The van der Waals surface area contributed by atoms with E-state index in [1.165, 1.54) is 12.8 Å². The van der Waals surface area contributed by atoms with E-state index in [0.717, 1.165) is 38.6 Å². The van der Waals surface area contributed by atoms with E-state index in [1.54, 1.807) is 6.92 Å². The van der Waals surface area contributed by atoms with Crippen LogP contribution in [0.25, 0.3) is 0 Å². The molecule has 0 atom stereocenters. The molecule has 0 aliphatic heterocycles. The maximum atomic E-state index is 11.2. The van der Waals surface area contributed by atoms with Gasteiger partial charge in [-0.2, -0.15) is 0 Å². The van der Waals surface area contributed by atoms with Gasteiger partial charge in [0.1, 0.15) is 9.84 Å². The van der Waals surface area contributed by atoms with E-state index in [4.69, 9.17) is 0 Å². The topological polar surface area (TPSA) is 49.4 Å². The van der Waals surface area contributed by atoms with Crippen LogP contribution < -0.4 is 5.32 Å². The molecule has 102 valence electrons. The van der Waals surface area contributed by atoms with Crippen LogP contribution in [0.5, 0.6) is 0 Å². The van der Waals surface area contributed by atoms with Crippen molar-refractivity contribution in [3.63, 3.8) is 0 Å². The molecule has 1 saturated carbocycles. The van der Waals surface area contributed by atoms with Gasteiger partial charge in [0.25, 0.3) is 0 Å². The number of likely N-dealkylation sites (N-methyl/N-ethyl adjacent to an activating group) is 1. The summed E-state index contributed by atoms with van der Waals surface area (Å²) in [5.41, 5.74) is 0. The predicted molar refractivity (Wildman–Crippen MR) is 72.1 cm³/mol. The molecule has 5 heteroatoms. The van der Waals surface area contributed by atoms with Crippen LogP contribution in [0.2, 0.25) is 0 Å². The van der Waals surface area contributed by atoms with Crippen LogP contribution in [0.1, 0.15) is 33.1 Å². The first kappa shape index (κ1) is 14.9. The van der Waals surface area contributed by atoms with Gasteiger partial charge < -0.3 is 5.32 Å². The fourth-order valence-corrected chi connectivity index (χ4v) is 2.82. The average Bonchev–Trinajstić information content (AvgIpc) is 3.12. The first-order valence-corrected chi connectivity index (χ1v) is 8.56. The molecule has 1 N–H and O–H groups in total. The first-order chi connectivity index (χ1) is 8.09. The molecule has 1 fully saturated rings. The van der Waals surface area contributed by atoms with Crippen molar-refractivity contribution in [2.24, 2.45) is 0 Å². The van der Waals surface area contributed by atoms with E-state index < -0.39 is 9.84 Å². The van der Waals surface area contributed by atoms with Crippen LogP contribution in [0, 0.1) is 0 Å². The Bertz CT molecular complexity index is 300. The van der Waals surface area contributed by atoms with Crippen LogP contribution in [0.15, 0.2) is 0 Å². The van der Waals surface area contributed by atoms with Crippen molar-refractivity contribution in [3.05, 3.63) is 0 Å². The van der Waals surface area contributed by atoms with Crippen molar-refractivity contribution in [2.75, 3.05) is 37.7 Å². The fraction of sp³-hybridized carbons (Fsp3) is 1.00. The Kier molecular flexibility index (Phi) is 6.44. The molecule has 1 aliphatic rings. The Morgan fingerprint density at radius 3 is 2.47 bits per heavy atom. The highest BCUT2D eigenvalue weighted by atomic mass is 32.2. The van der Waals surface area contributed by atoms with Gasteiger partial charge in [-0.15, -0.1) is 0 Å². The van der Waals surface area contributed by atoms with Crippen LogP contribution in [-0.4, -0.2) is 57.0 Å². The van der Waals surface area contributed by atoms with E-state index in [9.17, 15) is 8.42 Å². The number of nitrogens with zero attached hydrogens (tertiary/aromatic N) is 1. The minimum Gasteiger partial charge on any atom is -0.315 e. The number of nitrogens with one attached hydrogen (secondary N) is 1. The zero-order valence-corrected chi connectivity index (χ0v) is 11.9. The molecule has 0 bridgehead atoms. The molecule has 1 rings (SSSR count). The van der Waals surface area contributed by atoms with Gasteiger partial charge in [-0.3, -0.25) is 4.90 Å². The maximum absolute atomic E-state index is 11.2. The van der Waals surface area contributed by atoms with Gasteiger partial charge in [0.15, 0.2) is 0 Å². The second kappa shape index (κ2) is 7.34. The molecular formula is C12H26N2O2S. The first-order valence-electron chi connectivity index (χ1n) is 6.74. The largest absolute Gasteiger partial charge is 0.315 e. The number of rotatable bonds is 10. The fourth-order valence-electron chi connectivity index (χ4n) is 1.95. The third-order valence-corrected chi connectivity index (χ3v) is 5.08. The van der Waals surface area contributed by atoms with Crippen molar-refractivity contribution < 1.29 is 8.42 Å². The lowest BCUT2D eigenvalue weighted by Crippen LogP contribution is -2.34. The molecule has 0 saturated heterocycles. The summed E-state index contributed by atoms with van der Waals surface area (Å²) >= 11 is 0. The molecule has 1 aliphatic carbocycles. The monoisotopic (exact) mass is 262 g/mol. The normalized spacial score (nSPS) is 16.6. The van der Waals surface area contributed by atoms with E-state index in [1.807, 2.05) is 0 Å². The van der Waals surface area contributed by atoms with Gasteiger partial charge in [0, 0.05) is 24.9 Å². The van der Waals surface area contributed by atoms with Gasteiger partial charge in [0.2, 0.25) is 0 Å². The lowest BCUT2D eigenvalue weighted by atomic mass is 10.4. The lowest BCUT2D eigenvalue weighted by Gasteiger charge is -2.19. The highest BCUT2D eigenvalue weighted by molar-refractivity contribution is 7.91. The predicted octanol–water partition coefficient (Wildman–Crippen LogP) is 0.885. The standard InChI is InChI=1S/C12H26N2O2S/c1-3-14(12-6-7-12)10-9-13-8-5-11-17(15,16)4-2/h12-13H,3-11H2,1-2H3. The third kappa shape index (κ3) is 6.38. The average molecular weight is 262 g/mol. The molecule has 0 aromatic carbocycles. The Hall–Kier alpha value is -0.130. The Balaban J connectivity index is 1.97. The molecule has 17 heavy (non-hydrogen) atoms. The summed E-state index contributed by atoms with van der Waals surface area (Å²) in [7, 11) is -2.78. The van der Waals surface area contributed by atoms with Crippen molar-refractivity contribution >= 4 is 9.84 Å². The quantitative estimate of drug-likeness (QED) is 0.594. The van der Waals surface area contributed by atoms with Gasteiger partial charge >= 0.3 is 0 Å². The van der Waals surface area contributed by atoms with Crippen molar-refractivity contribution in [3.8, 4) is 0 Å². The number of sulfone groups is 1. The SMILES string of the molecule is CCN(CCNCCCS(=O)(=O)CC)C1CC1. The van der Waals surface area contributed by atoms with E-state index in [2.05, 4.69) is 17.1 Å². The molecule has 0 aromatic rings. The van der Waals surface area contributed by atoms with Crippen molar-refractivity contribution in [1.29, 1.82) is 0 Å². The molecule has 0 amide bonds. The minimum atomic E-state index is -2.78. The smallest absolute Gasteiger partial charge is 0.150 e. The van der Waals surface area contributed by atoms with Gasteiger partial charge in [-0.05, 0) is 32.4 Å². The van der Waals surface area contributed by atoms with Crippen molar-refractivity contribution in [2.45, 2.75) is 39.2 Å². The summed E-state index contributed by atoms with van der Waals surface area (Å²) in [4.78, 5) is 2.50. The minimum absolute atomic E-state index is 0.262. The molecule has 0 aromatic heterocycles. The van der Waals surface area contributed by atoms with Crippen LogP contribution in [-0.2, 0) is 9.84 Å². The molecule has 0 radical (unpaired) electrons. The highest BCUT2D eigenvalue weighted by Crippen LogP contribution is 2.25. The summed E-state index contributed by atoms with van der Waals surface area (Å²) < 4.78 is 22.5. The zero-order chi connectivity index (χ0) is 12.7. The van der Waals surface area contributed by atoms with Crippen LogP contribution in [0.3, 0.4) is 0 Å². The summed E-state index contributed by atoms with van der Waals surface area (Å²) in [6.07, 6.45) is 3.43. The second-order valence-corrected chi connectivity index (χ2v) is 7.17. The molecule has 0 spiro atoms. The van der Waals surface area contributed by atoms with E-state index in [0.29, 0.717) is 5.75 Å². The van der Waals surface area contributed by atoms with Gasteiger partial charge in [0.05, 0.1) is 5.75 Å². The summed E-state index contributed by atoms with van der Waals surface area (Å²) in [5.74, 6) is 0.578. The Morgan fingerprint density at radius 2 is 1.94 bits per heavy atom. The van der Waals surface area contributed by atoms with Crippen LogP contribution >= 0.6 is 0 Å². The third-order valence-electron chi connectivity index (χ3n) is 3.29. The maximum Gasteiger partial charge on any atom is 0.150 e. The van der Waals surface area contributed by atoms with Crippen LogP contribution in [0.4, 0.5) is 0 Å². The van der Waals surface area contributed by atoms with Gasteiger partial charge in [-0.1, -0.05) is 13.8 Å². The van der Waals surface area contributed by atoms with E-state index in [-0.39, 0.29) is 5.75 Å². The Labute approximate surface area is 106 Å². The molecule has 4 nitrogen and oxygen atoms in total. The molecule has 0 heterocycles.